The van der Waals surface area contributed by atoms with E-state index in [4.69, 9.17) is 0 Å². The Morgan fingerprint density at radius 3 is 2.24 bits per heavy atom. The zero-order chi connectivity index (χ0) is 24.0. The number of piperazine rings is 1. The molecule has 0 atom stereocenters. The molecule has 4 rings (SSSR count). The van der Waals surface area contributed by atoms with E-state index in [0.29, 0.717) is 0 Å². The van der Waals surface area contributed by atoms with Crippen LogP contribution in [0.25, 0.3) is 0 Å². The number of hydrogen-bond donors (Lipinski definition) is 0. The molecule has 0 radical (unpaired) electrons. The molecule has 3 aliphatic heterocycles. The highest BCUT2D eigenvalue weighted by molar-refractivity contribution is 7.90. The standard InChI is InChI=1S/C22H28N4O5S2/c1-22(2,3)17-6-8-18(9-7-17)33(30,31)26-13-11-25(12-14-26)21(27)19-5-4-10-24-15-16-32(28,29)23-20(19)24/h4-10H,11-16H2,1-3H3. The highest BCUT2D eigenvalue weighted by atomic mass is 32.2. The number of amidine groups is 1. The van der Waals surface area contributed by atoms with Crippen molar-refractivity contribution in [3.63, 3.8) is 0 Å². The lowest BCUT2D eigenvalue weighted by atomic mass is 9.87. The Morgan fingerprint density at radius 1 is 1.00 bits per heavy atom. The van der Waals surface area contributed by atoms with Crippen molar-refractivity contribution in [1.82, 2.24) is 14.1 Å². The molecule has 3 heterocycles. The van der Waals surface area contributed by atoms with Crippen LogP contribution in [0.3, 0.4) is 0 Å². The van der Waals surface area contributed by atoms with Gasteiger partial charge in [-0.2, -0.15) is 4.31 Å². The van der Waals surface area contributed by atoms with Gasteiger partial charge in [0, 0.05) is 38.9 Å². The van der Waals surface area contributed by atoms with Crippen LogP contribution in [0, 0.1) is 0 Å². The molecular formula is C22H28N4O5S2. The lowest BCUT2D eigenvalue weighted by Gasteiger charge is -2.36. The average Bonchev–Trinajstić information content (AvgIpc) is 2.77. The molecule has 0 unspecified atom stereocenters. The fraction of sp³-hybridized carbons (Fsp3) is 0.455. The quantitative estimate of drug-likeness (QED) is 0.630. The summed E-state index contributed by atoms with van der Waals surface area (Å²) in [6.45, 7) is 7.17. The van der Waals surface area contributed by atoms with Gasteiger partial charge in [-0.1, -0.05) is 32.9 Å². The fourth-order valence-electron chi connectivity index (χ4n) is 3.96. The van der Waals surface area contributed by atoms with Gasteiger partial charge in [0.15, 0.2) is 5.84 Å². The van der Waals surface area contributed by atoms with Crippen LogP contribution < -0.4 is 0 Å². The number of hydrogen-bond acceptors (Lipinski definition) is 6. The number of fused-ring (bicyclic) bond motifs is 1. The number of benzene rings is 1. The molecule has 9 nitrogen and oxygen atoms in total. The van der Waals surface area contributed by atoms with Gasteiger partial charge in [0.25, 0.3) is 15.9 Å². The van der Waals surface area contributed by atoms with Gasteiger partial charge in [0.2, 0.25) is 10.0 Å². The Labute approximate surface area is 195 Å². The van der Waals surface area contributed by atoms with E-state index in [1.807, 2.05) is 12.1 Å². The van der Waals surface area contributed by atoms with E-state index in [0.717, 1.165) is 5.56 Å². The molecule has 1 aromatic carbocycles. The fourth-order valence-corrected chi connectivity index (χ4v) is 6.37. The normalized spacial score (nSPS) is 21.3. The predicted octanol–water partition coefficient (Wildman–Crippen LogP) is 1.31. The Hall–Kier alpha value is -2.50. The molecule has 3 aliphatic rings. The molecule has 11 heteroatoms. The van der Waals surface area contributed by atoms with Crippen LogP contribution in [0.1, 0.15) is 26.3 Å². The van der Waals surface area contributed by atoms with Gasteiger partial charge in [-0.05, 0) is 35.3 Å². The van der Waals surface area contributed by atoms with Crippen molar-refractivity contribution in [2.45, 2.75) is 31.1 Å². The van der Waals surface area contributed by atoms with Crippen molar-refractivity contribution in [1.29, 1.82) is 0 Å². The van der Waals surface area contributed by atoms with Crippen LogP contribution in [-0.2, 0) is 30.3 Å². The van der Waals surface area contributed by atoms with Gasteiger partial charge in [-0.15, -0.1) is 4.40 Å². The van der Waals surface area contributed by atoms with Crippen molar-refractivity contribution >= 4 is 31.8 Å². The molecule has 1 saturated heterocycles. The van der Waals surface area contributed by atoms with E-state index >= 15 is 0 Å². The van der Waals surface area contributed by atoms with E-state index in [1.54, 1.807) is 40.3 Å². The molecule has 0 spiro atoms. The monoisotopic (exact) mass is 492 g/mol. The SMILES string of the molecule is CC(C)(C)c1ccc(S(=O)(=O)N2CCN(C(=O)C3=CC=CN4CCS(=O)(=O)N=C34)CC2)cc1. The smallest absolute Gasteiger partial charge is 0.257 e. The third-order valence-corrected chi connectivity index (χ3v) is 9.03. The second kappa shape index (κ2) is 8.37. The summed E-state index contributed by atoms with van der Waals surface area (Å²) in [5.41, 5.74) is 1.18. The highest BCUT2D eigenvalue weighted by Crippen LogP contribution is 2.26. The molecule has 0 aliphatic carbocycles. The van der Waals surface area contributed by atoms with Crippen LogP contribution >= 0.6 is 0 Å². The topological polar surface area (TPSA) is 107 Å². The number of carbonyl (C=O) groups is 1. The lowest BCUT2D eigenvalue weighted by molar-refractivity contribution is -0.127. The minimum atomic E-state index is -3.67. The summed E-state index contributed by atoms with van der Waals surface area (Å²) >= 11 is 0. The number of amides is 1. The number of carbonyl (C=O) groups excluding carboxylic acids is 1. The molecule has 0 bridgehead atoms. The zero-order valence-corrected chi connectivity index (χ0v) is 20.6. The Kier molecular flexibility index (Phi) is 6.00. The molecule has 33 heavy (non-hydrogen) atoms. The summed E-state index contributed by atoms with van der Waals surface area (Å²) in [6, 6.07) is 6.92. The van der Waals surface area contributed by atoms with E-state index in [2.05, 4.69) is 25.2 Å². The molecule has 0 saturated carbocycles. The third-order valence-electron chi connectivity index (χ3n) is 5.97. The second-order valence-corrected chi connectivity index (χ2v) is 13.0. The van der Waals surface area contributed by atoms with Gasteiger partial charge in [0.05, 0.1) is 16.2 Å². The molecule has 0 aromatic heterocycles. The lowest BCUT2D eigenvalue weighted by Crippen LogP contribution is -2.52. The van der Waals surface area contributed by atoms with Crippen molar-refractivity contribution < 1.29 is 21.6 Å². The van der Waals surface area contributed by atoms with Crippen LogP contribution in [0.15, 0.2) is 57.5 Å². The van der Waals surface area contributed by atoms with Gasteiger partial charge in [-0.25, -0.2) is 16.8 Å². The molecule has 0 N–H and O–H groups in total. The summed E-state index contributed by atoms with van der Waals surface area (Å²) in [4.78, 5) is 16.6. The maximum atomic E-state index is 13.1. The maximum Gasteiger partial charge on any atom is 0.257 e. The summed E-state index contributed by atoms with van der Waals surface area (Å²) in [6.07, 6.45) is 4.93. The van der Waals surface area contributed by atoms with Gasteiger partial charge in [0.1, 0.15) is 0 Å². The van der Waals surface area contributed by atoms with Crippen LogP contribution in [0.2, 0.25) is 0 Å². The van der Waals surface area contributed by atoms with Crippen molar-refractivity contribution in [3.8, 4) is 0 Å². The van der Waals surface area contributed by atoms with E-state index in [1.165, 1.54) is 4.31 Å². The van der Waals surface area contributed by atoms with E-state index in [-0.39, 0.29) is 66.1 Å². The zero-order valence-electron chi connectivity index (χ0n) is 18.9. The predicted molar refractivity (Wildman–Crippen MR) is 126 cm³/mol. The molecule has 178 valence electrons. The van der Waals surface area contributed by atoms with Gasteiger partial charge >= 0.3 is 0 Å². The highest BCUT2D eigenvalue weighted by Gasteiger charge is 2.35. The first-order chi connectivity index (χ1) is 15.4. The van der Waals surface area contributed by atoms with E-state index in [9.17, 15) is 21.6 Å². The van der Waals surface area contributed by atoms with Crippen molar-refractivity contribution in [2.75, 3.05) is 38.5 Å². The second-order valence-electron chi connectivity index (χ2n) is 9.29. The first-order valence-electron chi connectivity index (χ1n) is 10.8. The number of rotatable bonds is 3. The minimum Gasteiger partial charge on any atom is -0.336 e. The average molecular weight is 493 g/mol. The maximum absolute atomic E-state index is 13.1. The van der Waals surface area contributed by atoms with Gasteiger partial charge < -0.3 is 9.80 Å². The van der Waals surface area contributed by atoms with Crippen LogP contribution in [-0.4, -0.2) is 81.2 Å². The van der Waals surface area contributed by atoms with Crippen LogP contribution in [0.4, 0.5) is 0 Å². The number of sulfonamides is 2. The summed E-state index contributed by atoms with van der Waals surface area (Å²) < 4.78 is 55.3. The Balaban J connectivity index is 1.46. The largest absolute Gasteiger partial charge is 0.336 e. The van der Waals surface area contributed by atoms with Crippen molar-refractivity contribution in [2.24, 2.45) is 4.40 Å². The molecule has 1 aromatic rings. The summed E-state index contributed by atoms with van der Waals surface area (Å²) in [7, 11) is -7.28. The molecule has 1 fully saturated rings. The third kappa shape index (κ3) is 4.75. The van der Waals surface area contributed by atoms with Gasteiger partial charge in [-0.3, -0.25) is 4.79 Å². The molecule has 1 amide bonds. The minimum absolute atomic E-state index is 0.0746. The van der Waals surface area contributed by atoms with Crippen LogP contribution in [0.5, 0.6) is 0 Å². The number of nitrogens with zero attached hydrogens (tertiary/aromatic N) is 4. The Morgan fingerprint density at radius 2 is 1.64 bits per heavy atom. The molecular weight excluding hydrogens is 464 g/mol. The first-order valence-corrected chi connectivity index (χ1v) is 13.8. The summed E-state index contributed by atoms with van der Waals surface area (Å²) in [5.74, 6) is -0.329. The Bertz CT molecular complexity index is 1250. The van der Waals surface area contributed by atoms with E-state index < -0.39 is 20.0 Å². The summed E-state index contributed by atoms with van der Waals surface area (Å²) in [5, 5.41) is 0. The number of allylic oxidation sites excluding steroid dienone is 2. The van der Waals surface area contributed by atoms with Crippen molar-refractivity contribution in [3.05, 3.63) is 53.8 Å². The first kappa shape index (κ1) is 23.7.